The maximum atomic E-state index is 11.7. The molecule has 0 spiro atoms. The fraction of sp³-hybridized carbons (Fsp3) is 0.917. The van der Waals surface area contributed by atoms with Gasteiger partial charge in [0.05, 0.1) is 0 Å². The number of amides is 2. The van der Waals surface area contributed by atoms with Crippen LogP contribution in [0.1, 0.15) is 44.9 Å². The first-order chi connectivity index (χ1) is 7.79. The van der Waals surface area contributed by atoms with Crippen LogP contribution in [0.25, 0.3) is 0 Å². The number of nitrogens with two attached hydrogens (primary N) is 1. The molecule has 2 fully saturated rings. The van der Waals surface area contributed by atoms with Crippen LogP contribution in [0.3, 0.4) is 0 Å². The third-order valence-electron chi connectivity index (χ3n) is 3.97. The molecule has 2 atom stereocenters. The quantitative estimate of drug-likeness (QED) is 0.679. The van der Waals surface area contributed by atoms with Gasteiger partial charge in [-0.25, -0.2) is 4.79 Å². The van der Waals surface area contributed by atoms with Crippen molar-refractivity contribution in [2.75, 3.05) is 6.54 Å². The smallest absolute Gasteiger partial charge is 0.315 e. The number of carbonyl (C=O) groups excluding carboxylic acids is 1. The van der Waals surface area contributed by atoms with E-state index in [9.17, 15) is 4.79 Å². The molecule has 2 aliphatic rings. The summed E-state index contributed by atoms with van der Waals surface area (Å²) in [5, 5.41) is 6.11. The van der Waals surface area contributed by atoms with Crippen LogP contribution in [0.5, 0.6) is 0 Å². The molecule has 0 aromatic rings. The zero-order valence-electron chi connectivity index (χ0n) is 9.87. The SMILES string of the molecule is NCC1CCCCC1NC(=O)NC1CCC1. The van der Waals surface area contributed by atoms with Gasteiger partial charge in [0.2, 0.25) is 0 Å². The molecule has 2 saturated carbocycles. The summed E-state index contributed by atoms with van der Waals surface area (Å²) >= 11 is 0. The van der Waals surface area contributed by atoms with Crippen LogP contribution in [-0.4, -0.2) is 24.7 Å². The third-order valence-corrected chi connectivity index (χ3v) is 3.97. The Balaban J connectivity index is 1.75. The Hall–Kier alpha value is -0.770. The zero-order valence-corrected chi connectivity index (χ0v) is 9.87. The Bertz CT molecular complexity index is 240. The lowest BCUT2D eigenvalue weighted by Gasteiger charge is -2.33. The summed E-state index contributed by atoms with van der Waals surface area (Å²) in [5.74, 6) is 0.473. The van der Waals surface area contributed by atoms with Crippen LogP contribution >= 0.6 is 0 Å². The molecular weight excluding hydrogens is 202 g/mol. The van der Waals surface area contributed by atoms with Crippen molar-refractivity contribution in [2.45, 2.75) is 57.0 Å². The molecule has 2 rings (SSSR count). The maximum absolute atomic E-state index is 11.7. The van der Waals surface area contributed by atoms with Crippen molar-refractivity contribution >= 4 is 6.03 Å². The van der Waals surface area contributed by atoms with Gasteiger partial charge < -0.3 is 16.4 Å². The second-order valence-corrected chi connectivity index (χ2v) is 5.13. The highest BCUT2D eigenvalue weighted by atomic mass is 16.2. The highest BCUT2D eigenvalue weighted by Crippen LogP contribution is 2.23. The lowest BCUT2D eigenvalue weighted by atomic mass is 9.84. The van der Waals surface area contributed by atoms with Crippen LogP contribution in [-0.2, 0) is 0 Å². The number of carbonyl (C=O) groups is 1. The average molecular weight is 225 g/mol. The fourth-order valence-electron chi connectivity index (χ4n) is 2.63. The van der Waals surface area contributed by atoms with Crippen molar-refractivity contribution in [3.05, 3.63) is 0 Å². The van der Waals surface area contributed by atoms with E-state index in [4.69, 9.17) is 5.73 Å². The van der Waals surface area contributed by atoms with E-state index in [1.54, 1.807) is 0 Å². The van der Waals surface area contributed by atoms with Gasteiger partial charge in [0.15, 0.2) is 0 Å². The van der Waals surface area contributed by atoms with Crippen LogP contribution < -0.4 is 16.4 Å². The molecule has 0 bridgehead atoms. The molecule has 2 unspecified atom stereocenters. The number of nitrogens with one attached hydrogen (secondary N) is 2. The monoisotopic (exact) mass is 225 g/mol. The summed E-state index contributed by atoms with van der Waals surface area (Å²) in [6, 6.07) is 0.716. The molecule has 0 heterocycles. The predicted molar refractivity (Wildman–Crippen MR) is 64.1 cm³/mol. The van der Waals surface area contributed by atoms with Gasteiger partial charge in [-0.05, 0) is 44.6 Å². The normalized spacial score (nSPS) is 30.6. The fourth-order valence-corrected chi connectivity index (χ4v) is 2.63. The van der Waals surface area contributed by atoms with E-state index in [-0.39, 0.29) is 6.03 Å². The molecule has 2 amide bonds. The molecule has 4 N–H and O–H groups in total. The largest absolute Gasteiger partial charge is 0.335 e. The molecule has 0 radical (unpaired) electrons. The van der Waals surface area contributed by atoms with Crippen LogP contribution in [0.15, 0.2) is 0 Å². The molecular formula is C12H23N3O. The number of hydrogen-bond donors (Lipinski definition) is 3. The number of hydrogen-bond acceptors (Lipinski definition) is 2. The zero-order chi connectivity index (χ0) is 11.4. The molecule has 2 aliphatic carbocycles. The maximum Gasteiger partial charge on any atom is 0.315 e. The van der Waals surface area contributed by atoms with Crippen molar-refractivity contribution in [1.82, 2.24) is 10.6 Å². The summed E-state index contributed by atoms with van der Waals surface area (Å²) in [5.41, 5.74) is 5.74. The van der Waals surface area contributed by atoms with Crippen LogP contribution in [0.4, 0.5) is 4.79 Å². The molecule has 4 nitrogen and oxygen atoms in total. The summed E-state index contributed by atoms with van der Waals surface area (Å²) in [6.45, 7) is 0.689. The second kappa shape index (κ2) is 5.53. The molecule has 4 heteroatoms. The second-order valence-electron chi connectivity index (χ2n) is 5.13. The van der Waals surface area contributed by atoms with E-state index in [1.807, 2.05) is 0 Å². The minimum Gasteiger partial charge on any atom is -0.335 e. The minimum absolute atomic E-state index is 0.00931. The lowest BCUT2D eigenvalue weighted by Crippen LogP contribution is -2.52. The summed E-state index contributed by atoms with van der Waals surface area (Å²) in [7, 11) is 0. The van der Waals surface area contributed by atoms with E-state index < -0.39 is 0 Å². The Morgan fingerprint density at radius 3 is 2.44 bits per heavy atom. The van der Waals surface area contributed by atoms with Gasteiger partial charge in [-0.1, -0.05) is 12.8 Å². The van der Waals surface area contributed by atoms with Crippen LogP contribution in [0.2, 0.25) is 0 Å². The Labute approximate surface area is 97.3 Å². The van der Waals surface area contributed by atoms with E-state index in [0.717, 1.165) is 25.7 Å². The molecule has 0 aromatic heterocycles. The van der Waals surface area contributed by atoms with Gasteiger partial charge in [-0.15, -0.1) is 0 Å². The van der Waals surface area contributed by atoms with E-state index >= 15 is 0 Å². The molecule has 0 aromatic carbocycles. The highest BCUT2D eigenvalue weighted by molar-refractivity contribution is 5.74. The summed E-state index contributed by atoms with van der Waals surface area (Å²) < 4.78 is 0. The van der Waals surface area contributed by atoms with Gasteiger partial charge in [-0.2, -0.15) is 0 Å². The van der Waals surface area contributed by atoms with Crippen molar-refractivity contribution in [3.8, 4) is 0 Å². The van der Waals surface area contributed by atoms with Crippen molar-refractivity contribution in [1.29, 1.82) is 0 Å². The first kappa shape index (κ1) is 11.7. The lowest BCUT2D eigenvalue weighted by molar-refractivity contribution is 0.209. The van der Waals surface area contributed by atoms with Gasteiger partial charge in [0.25, 0.3) is 0 Å². The number of urea groups is 1. The number of rotatable bonds is 3. The Kier molecular flexibility index (Phi) is 4.04. The standard InChI is InChI=1S/C12H23N3O/c13-8-9-4-1-2-7-11(9)15-12(16)14-10-5-3-6-10/h9-11H,1-8,13H2,(H2,14,15,16). The molecule has 0 aliphatic heterocycles. The average Bonchev–Trinajstić information content (AvgIpc) is 2.24. The summed E-state index contributed by atoms with van der Waals surface area (Å²) in [4.78, 5) is 11.7. The van der Waals surface area contributed by atoms with E-state index in [2.05, 4.69) is 10.6 Å². The van der Waals surface area contributed by atoms with Gasteiger partial charge in [0.1, 0.15) is 0 Å². The van der Waals surface area contributed by atoms with Gasteiger partial charge in [-0.3, -0.25) is 0 Å². The Morgan fingerprint density at radius 1 is 1.06 bits per heavy atom. The summed E-state index contributed by atoms with van der Waals surface area (Å²) in [6.07, 6.45) is 8.23. The highest BCUT2D eigenvalue weighted by Gasteiger charge is 2.26. The topological polar surface area (TPSA) is 67.1 Å². The van der Waals surface area contributed by atoms with Crippen molar-refractivity contribution in [3.63, 3.8) is 0 Å². The predicted octanol–water partition coefficient (Wildman–Crippen LogP) is 1.36. The van der Waals surface area contributed by atoms with Crippen LogP contribution in [0, 0.1) is 5.92 Å². The molecule has 0 saturated heterocycles. The van der Waals surface area contributed by atoms with Gasteiger partial charge in [0, 0.05) is 12.1 Å². The first-order valence-electron chi connectivity index (χ1n) is 6.56. The molecule has 92 valence electrons. The van der Waals surface area contributed by atoms with Crippen molar-refractivity contribution in [2.24, 2.45) is 11.7 Å². The van der Waals surface area contributed by atoms with E-state index in [1.165, 1.54) is 19.3 Å². The van der Waals surface area contributed by atoms with E-state index in [0.29, 0.717) is 24.5 Å². The third kappa shape index (κ3) is 2.88. The van der Waals surface area contributed by atoms with Crippen molar-refractivity contribution < 1.29 is 4.79 Å². The minimum atomic E-state index is 0.00931. The first-order valence-corrected chi connectivity index (χ1v) is 6.56. The molecule has 16 heavy (non-hydrogen) atoms. The van der Waals surface area contributed by atoms with Gasteiger partial charge >= 0.3 is 6.03 Å². The Morgan fingerprint density at radius 2 is 1.81 bits per heavy atom.